The third kappa shape index (κ3) is 6.21. The van der Waals surface area contributed by atoms with Crippen LogP contribution in [0, 0.1) is 0 Å². The van der Waals surface area contributed by atoms with Crippen molar-refractivity contribution in [3.05, 3.63) is 102 Å². The predicted octanol–water partition coefficient (Wildman–Crippen LogP) is 3.95. The molecule has 1 aromatic carbocycles. The number of hydrogen-bond donors (Lipinski definition) is 2. The van der Waals surface area contributed by atoms with Crippen LogP contribution in [0.1, 0.15) is 19.4 Å². The average molecular weight is 376 g/mol. The van der Waals surface area contributed by atoms with Crippen LogP contribution in [0.15, 0.2) is 96.1 Å². The molecule has 1 aromatic heterocycles. The average Bonchev–Trinajstić information content (AvgIpc) is 2.72. The summed E-state index contributed by atoms with van der Waals surface area (Å²) in [4.78, 5) is 8.40. The van der Waals surface area contributed by atoms with Gasteiger partial charge in [-0.2, -0.15) is 0 Å². The van der Waals surface area contributed by atoms with Crippen LogP contribution in [-0.4, -0.2) is 23.6 Å². The quantitative estimate of drug-likeness (QED) is 0.513. The molecule has 0 aliphatic heterocycles. The van der Waals surface area contributed by atoms with Crippen LogP contribution in [0.5, 0.6) is 0 Å². The van der Waals surface area contributed by atoms with Crippen molar-refractivity contribution in [2.75, 3.05) is 18.6 Å². The SMILES string of the molecule is C=C(CN)C(=C(C)C)C(/C=C\Cc1ccccc1)=C/NN(C)c1cnccn1. The summed E-state index contributed by atoms with van der Waals surface area (Å²) in [5, 5.41) is 1.81. The lowest BCUT2D eigenvalue weighted by molar-refractivity contribution is 0.810. The van der Waals surface area contributed by atoms with Crippen molar-refractivity contribution in [1.82, 2.24) is 15.4 Å². The summed E-state index contributed by atoms with van der Waals surface area (Å²) in [5.41, 5.74) is 14.5. The summed E-state index contributed by atoms with van der Waals surface area (Å²) in [6.07, 6.45) is 12.1. The number of hydrogen-bond acceptors (Lipinski definition) is 5. The van der Waals surface area contributed by atoms with Gasteiger partial charge in [0.05, 0.1) is 6.20 Å². The van der Waals surface area contributed by atoms with Crippen LogP contribution < -0.4 is 16.2 Å². The van der Waals surface area contributed by atoms with Crippen molar-refractivity contribution in [1.29, 1.82) is 0 Å². The molecule has 0 bridgehead atoms. The Balaban J connectivity index is 2.26. The highest BCUT2D eigenvalue weighted by Gasteiger charge is 2.09. The summed E-state index contributed by atoms with van der Waals surface area (Å²) >= 11 is 0. The highest BCUT2D eigenvalue weighted by atomic mass is 15.5. The molecule has 0 fully saturated rings. The minimum Gasteiger partial charge on any atom is -0.326 e. The van der Waals surface area contributed by atoms with Gasteiger partial charge in [0.15, 0.2) is 5.82 Å². The van der Waals surface area contributed by atoms with E-state index in [1.165, 1.54) is 5.56 Å². The zero-order valence-corrected chi connectivity index (χ0v) is 16.9. The van der Waals surface area contributed by atoms with E-state index in [1.54, 1.807) is 18.6 Å². The molecule has 146 valence electrons. The fourth-order valence-electron chi connectivity index (χ4n) is 2.79. The van der Waals surface area contributed by atoms with Gasteiger partial charge in [-0.25, -0.2) is 4.98 Å². The van der Waals surface area contributed by atoms with Gasteiger partial charge in [0, 0.05) is 32.2 Å². The van der Waals surface area contributed by atoms with Gasteiger partial charge in [0.25, 0.3) is 0 Å². The first-order valence-electron chi connectivity index (χ1n) is 9.25. The fourth-order valence-corrected chi connectivity index (χ4v) is 2.79. The smallest absolute Gasteiger partial charge is 0.165 e. The van der Waals surface area contributed by atoms with Gasteiger partial charge in [0.1, 0.15) is 0 Å². The number of allylic oxidation sites excluding steroid dienone is 4. The molecule has 0 saturated carbocycles. The molecule has 0 atom stereocenters. The Hall–Kier alpha value is -3.18. The Bertz CT molecular complexity index is 847. The molecule has 5 nitrogen and oxygen atoms in total. The van der Waals surface area contributed by atoms with Gasteiger partial charge in [-0.05, 0) is 42.6 Å². The molecular weight excluding hydrogens is 346 g/mol. The number of benzene rings is 1. The minimum atomic E-state index is 0.407. The van der Waals surface area contributed by atoms with E-state index in [0.29, 0.717) is 6.54 Å². The predicted molar refractivity (Wildman–Crippen MR) is 118 cm³/mol. The second kappa shape index (κ2) is 10.8. The summed E-state index contributed by atoms with van der Waals surface area (Å²) in [6, 6.07) is 10.4. The second-order valence-corrected chi connectivity index (χ2v) is 6.63. The number of hydrazine groups is 1. The third-order valence-corrected chi connectivity index (χ3v) is 4.19. The first-order chi connectivity index (χ1) is 13.5. The van der Waals surface area contributed by atoms with E-state index >= 15 is 0 Å². The van der Waals surface area contributed by atoms with Gasteiger partial charge in [-0.15, -0.1) is 0 Å². The molecule has 0 spiro atoms. The Kier molecular flexibility index (Phi) is 8.18. The van der Waals surface area contributed by atoms with Crippen molar-refractivity contribution >= 4 is 5.82 Å². The molecule has 2 rings (SSSR count). The summed E-state index contributed by atoms with van der Waals surface area (Å²) < 4.78 is 0. The van der Waals surface area contributed by atoms with Gasteiger partial charge in [0.2, 0.25) is 0 Å². The number of nitrogens with zero attached hydrogens (tertiary/aromatic N) is 3. The van der Waals surface area contributed by atoms with Crippen molar-refractivity contribution in [2.24, 2.45) is 5.73 Å². The summed E-state index contributed by atoms with van der Waals surface area (Å²) in [7, 11) is 1.89. The molecule has 0 unspecified atom stereocenters. The highest BCUT2D eigenvalue weighted by molar-refractivity contribution is 5.53. The maximum absolute atomic E-state index is 5.88. The molecule has 2 aromatic rings. The van der Waals surface area contributed by atoms with E-state index in [2.05, 4.69) is 72.2 Å². The van der Waals surface area contributed by atoms with E-state index < -0.39 is 0 Å². The Morgan fingerprint density at radius 1 is 1.21 bits per heavy atom. The van der Waals surface area contributed by atoms with Crippen LogP contribution in [-0.2, 0) is 6.42 Å². The van der Waals surface area contributed by atoms with Gasteiger partial charge < -0.3 is 11.2 Å². The molecular formula is C23H29N5. The minimum absolute atomic E-state index is 0.407. The van der Waals surface area contributed by atoms with Crippen molar-refractivity contribution in [3.63, 3.8) is 0 Å². The Labute approximate surface area is 168 Å². The molecule has 5 heteroatoms. The van der Waals surface area contributed by atoms with Crippen LogP contribution >= 0.6 is 0 Å². The van der Waals surface area contributed by atoms with Crippen LogP contribution in [0.4, 0.5) is 5.82 Å². The normalized spacial score (nSPS) is 11.4. The van der Waals surface area contributed by atoms with E-state index in [0.717, 1.165) is 34.5 Å². The molecule has 0 radical (unpaired) electrons. The van der Waals surface area contributed by atoms with Crippen molar-refractivity contribution in [3.8, 4) is 0 Å². The molecule has 0 aliphatic rings. The van der Waals surface area contributed by atoms with E-state index in [-0.39, 0.29) is 0 Å². The molecule has 0 aliphatic carbocycles. The molecule has 3 N–H and O–H groups in total. The number of aromatic nitrogens is 2. The molecule has 0 amide bonds. The topological polar surface area (TPSA) is 67.1 Å². The summed E-state index contributed by atoms with van der Waals surface area (Å²) in [5.74, 6) is 0.725. The molecule has 0 saturated heterocycles. The Morgan fingerprint density at radius 2 is 1.96 bits per heavy atom. The van der Waals surface area contributed by atoms with Crippen molar-refractivity contribution in [2.45, 2.75) is 20.3 Å². The maximum Gasteiger partial charge on any atom is 0.165 e. The van der Waals surface area contributed by atoms with Gasteiger partial charge in [-0.1, -0.05) is 54.6 Å². The van der Waals surface area contributed by atoms with Crippen LogP contribution in [0.25, 0.3) is 0 Å². The lowest BCUT2D eigenvalue weighted by atomic mass is 9.94. The second-order valence-electron chi connectivity index (χ2n) is 6.63. The van der Waals surface area contributed by atoms with Crippen LogP contribution in [0.2, 0.25) is 0 Å². The highest BCUT2D eigenvalue weighted by Crippen LogP contribution is 2.23. The number of nitrogens with two attached hydrogens (primary N) is 1. The maximum atomic E-state index is 5.88. The third-order valence-electron chi connectivity index (χ3n) is 4.19. The zero-order valence-electron chi connectivity index (χ0n) is 16.9. The fraction of sp³-hybridized carbons (Fsp3) is 0.217. The number of nitrogens with one attached hydrogen (secondary N) is 1. The monoisotopic (exact) mass is 375 g/mol. The standard InChI is InChI=1S/C23H29N5/c1-18(2)23(19(3)15-24)21(12-8-11-20-9-6-5-7-10-20)16-27-28(4)22-17-25-13-14-26-22/h5-10,12-14,16-17,27H,3,11,15,24H2,1-2,4H3/b12-8-,21-16+. The zero-order chi connectivity index (χ0) is 20.4. The number of rotatable bonds is 9. The van der Waals surface area contributed by atoms with Gasteiger partial charge >= 0.3 is 0 Å². The molecule has 28 heavy (non-hydrogen) atoms. The number of anilines is 1. The van der Waals surface area contributed by atoms with Crippen LogP contribution in [0.3, 0.4) is 0 Å². The van der Waals surface area contributed by atoms with Crippen molar-refractivity contribution < 1.29 is 0 Å². The van der Waals surface area contributed by atoms with E-state index in [4.69, 9.17) is 5.73 Å². The lowest BCUT2D eigenvalue weighted by Crippen LogP contribution is -2.31. The Morgan fingerprint density at radius 3 is 2.57 bits per heavy atom. The van der Waals surface area contributed by atoms with E-state index in [9.17, 15) is 0 Å². The van der Waals surface area contributed by atoms with E-state index in [1.807, 2.05) is 24.3 Å². The first-order valence-corrected chi connectivity index (χ1v) is 9.25. The molecule has 1 heterocycles. The lowest BCUT2D eigenvalue weighted by Gasteiger charge is -2.19. The first kappa shape index (κ1) is 21.1. The largest absolute Gasteiger partial charge is 0.326 e. The summed E-state index contributed by atoms with van der Waals surface area (Å²) in [6.45, 7) is 8.69. The van der Waals surface area contributed by atoms with Gasteiger partial charge in [-0.3, -0.25) is 9.99 Å².